The van der Waals surface area contributed by atoms with Gasteiger partial charge >= 0.3 is 5.97 Å². The number of carboxylic acid groups (broad SMARTS) is 1. The molecule has 4 nitrogen and oxygen atoms in total. The van der Waals surface area contributed by atoms with E-state index < -0.39 is 5.97 Å². The van der Waals surface area contributed by atoms with Crippen LogP contribution in [0.4, 0.5) is 5.69 Å². The molecule has 0 aliphatic rings. The highest BCUT2D eigenvalue weighted by Crippen LogP contribution is 2.21. The van der Waals surface area contributed by atoms with Gasteiger partial charge < -0.3 is 10.8 Å². The van der Waals surface area contributed by atoms with Gasteiger partial charge in [0.2, 0.25) is 0 Å². The number of benzene rings is 1. The second kappa shape index (κ2) is 4.79. The Kier molecular flexibility index (Phi) is 3.68. The number of nitrogens with two attached hydrogens (primary N) is 1. The van der Waals surface area contributed by atoms with Gasteiger partial charge in [-0.05, 0) is 24.6 Å². The van der Waals surface area contributed by atoms with E-state index in [9.17, 15) is 4.79 Å². The van der Waals surface area contributed by atoms with Crippen LogP contribution in [0.2, 0.25) is 0 Å². The van der Waals surface area contributed by atoms with Crippen molar-refractivity contribution in [2.24, 2.45) is 10.7 Å². The molecule has 0 fully saturated rings. The van der Waals surface area contributed by atoms with E-state index in [4.69, 9.17) is 22.4 Å². The Morgan fingerprint density at radius 3 is 2.80 bits per heavy atom. The summed E-state index contributed by atoms with van der Waals surface area (Å²) in [5, 5.41) is 8.88. The molecule has 0 aliphatic heterocycles. The SMILES string of the molecule is Cc1c(N=C(N)CCl)cccc1C(=O)O. The van der Waals surface area contributed by atoms with E-state index in [2.05, 4.69) is 4.99 Å². The molecule has 0 saturated carbocycles. The molecule has 0 heterocycles. The van der Waals surface area contributed by atoms with E-state index in [1.807, 2.05) is 0 Å². The lowest BCUT2D eigenvalue weighted by molar-refractivity contribution is 0.0696. The number of alkyl halides is 1. The Morgan fingerprint density at radius 1 is 1.60 bits per heavy atom. The highest BCUT2D eigenvalue weighted by Gasteiger charge is 2.09. The predicted molar refractivity (Wildman–Crippen MR) is 60.1 cm³/mol. The summed E-state index contributed by atoms with van der Waals surface area (Å²) >= 11 is 5.48. The van der Waals surface area contributed by atoms with Crippen LogP contribution in [0, 0.1) is 6.92 Å². The second-order valence-electron chi connectivity index (χ2n) is 2.99. The predicted octanol–water partition coefficient (Wildman–Crippen LogP) is 1.92. The smallest absolute Gasteiger partial charge is 0.336 e. The zero-order valence-corrected chi connectivity index (χ0v) is 8.95. The van der Waals surface area contributed by atoms with Crippen LogP contribution >= 0.6 is 11.6 Å². The van der Waals surface area contributed by atoms with Crippen LogP contribution in [-0.4, -0.2) is 22.8 Å². The standard InChI is InChI=1S/C10H11ClN2O2/c1-6-7(10(14)15)3-2-4-8(6)13-9(12)5-11/h2-4H,5H2,1H3,(H2,12,13)(H,14,15). The number of halogens is 1. The van der Waals surface area contributed by atoms with Gasteiger partial charge in [-0.3, -0.25) is 0 Å². The number of aromatic carboxylic acids is 1. The molecule has 1 aromatic rings. The van der Waals surface area contributed by atoms with Crippen molar-refractivity contribution in [2.75, 3.05) is 5.88 Å². The number of hydrogen-bond donors (Lipinski definition) is 2. The lowest BCUT2D eigenvalue weighted by Crippen LogP contribution is -2.12. The van der Waals surface area contributed by atoms with Gasteiger partial charge in [0.25, 0.3) is 0 Å². The maximum absolute atomic E-state index is 10.8. The third-order valence-electron chi connectivity index (χ3n) is 1.94. The fourth-order valence-corrected chi connectivity index (χ4v) is 1.22. The average Bonchev–Trinajstić information content (AvgIpc) is 2.20. The molecule has 0 unspecified atom stereocenters. The summed E-state index contributed by atoms with van der Waals surface area (Å²) in [6.45, 7) is 1.68. The van der Waals surface area contributed by atoms with Crippen LogP contribution in [-0.2, 0) is 0 Å². The Balaban J connectivity index is 3.21. The number of rotatable bonds is 3. The van der Waals surface area contributed by atoms with Crippen LogP contribution in [0.15, 0.2) is 23.2 Å². The maximum Gasteiger partial charge on any atom is 0.336 e. The molecule has 3 N–H and O–H groups in total. The Labute approximate surface area is 92.4 Å². The van der Waals surface area contributed by atoms with Crippen LogP contribution in [0.3, 0.4) is 0 Å². The second-order valence-corrected chi connectivity index (χ2v) is 3.26. The van der Waals surface area contributed by atoms with Crippen molar-refractivity contribution in [3.05, 3.63) is 29.3 Å². The Bertz CT molecular complexity index is 416. The minimum atomic E-state index is -0.978. The molecule has 0 amide bonds. The van der Waals surface area contributed by atoms with Gasteiger partial charge in [-0.1, -0.05) is 6.07 Å². The lowest BCUT2D eigenvalue weighted by Gasteiger charge is -2.04. The summed E-state index contributed by atoms with van der Waals surface area (Å²) in [6, 6.07) is 4.84. The molecule has 0 radical (unpaired) electrons. The van der Waals surface area contributed by atoms with Crippen LogP contribution in [0.5, 0.6) is 0 Å². The van der Waals surface area contributed by atoms with Gasteiger partial charge in [0, 0.05) is 0 Å². The fraction of sp³-hybridized carbons (Fsp3) is 0.200. The number of hydrogen-bond acceptors (Lipinski definition) is 2. The zero-order valence-electron chi connectivity index (χ0n) is 8.20. The summed E-state index contributed by atoms with van der Waals surface area (Å²) in [6.07, 6.45) is 0. The van der Waals surface area contributed by atoms with E-state index in [0.29, 0.717) is 11.3 Å². The van der Waals surface area contributed by atoms with E-state index in [-0.39, 0.29) is 17.3 Å². The van der Waals surface area contributed by atoms with Gasteiger partial charge in [0.15, 0.2) is 0 Å². The quantitative estimate of drug-likeness (QED) is 0.470. The molecule has 0 spiro atoms. The normalized spacial score (nSPS) is 11.5. The minimum absolute atomic E-state index is 0.122. The van der Waals surface area contributed by atoms with Crippen molar-refractivity contribution in [2.45, 2.75) is 6.92 Å². The lowest BCUT2D eigenvalue weighted by atomic mass is 10.1. The highest BCUT2D eigenvalue weighted by molar-refractivity contribution is 6.28. The van der Waals surface area contributed by atoms with Crippen molar-refractivity contribution in [3.63, 3.8) is 0 Å². The van der Waals surface area contributed by atoms with Crippen LogP contribution in [0.1, 0.15) is 15.9 Å². The summed E-state index contributed by atoms with van der Waals surface area (Å²) in [4.78, 5) is 14.8. The van der Waals surface area contributed by atoms with Gasteiger partial charge in [-0.25, -0.2) is 9.79 Å². The molecule has 5 heteroatoms. The summed E-state index contributed by atoms with van der Waals surface area (Å²) in [7, 11) is 0. The molecule has 0 atom stereocenters. The molecular formula is C10H11ClN2O2. The van der Waals surface area contributed by atoms with Crippen molar-refractivity contribution in [1.29, 1.82) is 0 Å². The molecular weight excluding hydrogens is 216 g/mol. The highest BCUT2D eigenvalue weighted by atomic mass is 35.5. The summed E-state index contributed by atoms with van der Waals surface area (Å²) in [5.41, 5.74) is 6.81. The number of nitrogens with zero attached hydrogens (tertiary/aromatic N) is 1. The minimum Gasteiger partial charge on any atom is -0.478 e. The molecule has 1 aromatic carbocycles. The molecule has 15 heavy (non-hydrogen) atoms. The monoisotopic (exact) mass is 226 g/mol. The molecule has 0 aliphatic carbocycles. The fourth-order valence-electron chi connectivity index (χ4n) is 1.16. The third-order valence-corrected chi connectivity index (χ3v) is 2.21. The molecule has 80 valence electrons. The first-order valence-electron chi connectivity index (χ1n) is 4.28. The first-order valence-corrected chi connectivity index (χ1v) is 4.81. The van der Waals surface area contributed by atoms with Gasteiger partial charge in [0.1, 0.15) is 5.84 Å². The largest absolute Gasteiger partial charge is 0.478 e. The van der Waals surface area contributed by atoms with E-state index in [1.165, 1.54) is 6.07 Å². The van der Waals surface area contributed by atoms with Gasteiger partial charge in [-0.15, -0.1) is 11.6 Å². The molecule has 0 bridgehead atoms. The van der Waals surface area contributed by atoms with Gasteiger partial charge in [0.05, 0.1) is 17.1 Å². The molecule has 0 saturated heterocycles. The first-order chi connectivity index (χ1) is 7.06. The zero-order chi connectivity index (χ0) is 11.4. The Morgan fingerprint density at radius 2 is 2.27 bits per heavy atom. The number of amidine groups is 1. The van der Waals surface area contributed by atoms with E-state index in [0.717, 1.165) is 0 Å². The van der Waals surface area contributed by atoms with E-state index in [1.54, 1.807) is 19.1 Å². The van der Waals surface area contributed by atoms with Crippen molar-refractivity contribution < 1.29 is 9.90 Å². The number of carboxylic acids is 1. The third kappa shape index (κ3) is 2.70. The number of aliphatic imine (C=N–C) groups is 1. The van der Waals surface area contributed by atoms with Gasteiger partial charge in [-0.2, -0.15) is 0 Å². The summed E-state index contributed by atoms with van der Waals surface area (Å²) in [5.74, 6) is -0.590. The number of carbonyl (C=O) groups is 1. The topological polar surface area (TPSA) is 75.7 Å². The average molecular weight is 227 g/mol. The molecule has 1 rings (SSSR count). The summed E-state index contributed by atoms with van der Waals surface area (Å²) < 4.78 is 0. The van der Waals surface area contributed by atoms with E-state index >= 15 is 0 Å². The van der Waals surface area contributed by atoms with Crippen LogP contribution < -0.4 is 5.73 Å². The van der Waals surface area contributed by atoms with Crippen molar-refractivity contribution in [3.8, 4) is 0 Å². The maximum atomic E-state index is 10.8. The van der Waals surface area contributed by atoms with Crippen molar-refractivity contribution >= 4 is 29.1 Å². The molecule has 0 aromatic heterocycles. The van der Waals surface area contributed by atoms with Crippen molar-refractivity contribution in [1.82, 2.24) is 0 Å². The first kappa shape index (κ1) is 11.5. The Hall–Kier alpha value is -1.55. The van der Waals surface area contributed by atoms with Crippen LogP contribution in [0.25, 0.3) is 0 Å².